The lowest BCUT2D eigenvalue weighted by Gasteiger charge is -2.25. The van der Waals surface area contributed by atoms with E-state index in [-0.39, 0.29) is 5.92 Å². The fourth-order valence-corrected chi connectivity index (χ4v) is 5.65. The Kier molecular flexibility index (Phi) is 12.7. The summed E-state index contributed by atoms with van der Waals surface area (Å²) in [5.74, 6) is 3.73. The summed E-state index contributed by atoms with van der Waals surface area (Å²) in [6.07, 6.45) is 14.1. The van der Waals surface area contributed by atoms with Crippen LogP contribution in [-0.4, -0.2) is 41.5 Å². The number of carbonyl (C=O) groups excluding carboxylic acids is 3. The fourth-order valence-electron chi connectivity index (χ4n) is 5.65. The third kappa shape index (κ3) is 10.2. The molecule has 4 aliphatic rings. The highest BCUT2D eigenvalue weighted by atomic mass is 16.2. The van der Waals surface area contributed by atoms with Gasteiger partial charge in [0.15, 0.2) is 0 Å². The topological polar surface area (TPSA) is 103 Å². The Morgan fingerprint density at radius 3 is 2.21 bits per heavy atom. The summed E-state index contributed by atoms with van der Waals surface area (Å²) in [5.41, 5.74) is 8.09. The van der Waals surface area contributed by atoms with E-state index in [9.17, 15) is 14.4 Å². The minimum atomic E-state index is 0.229. The molecule has 34 heavy (non-hydrogen) atoms. The molecule has 0 spiro atoms. The van der Waals surface area contributed by atoms with Crippen molar-refractivity contribution in [1.82, 2.24) is 4.90 Å². The average Bonchev–Trinajstić information content (AvgIpc) is 3.23. The van der Waals surface area contributed by atoms with Gasteiger partial charge in [0.2, 0.25) is 5.91 Å². The van der Waals surface area contributed by atoms with Crippen LogP contribution >= 0.6 is 0 Å². The smallest absolute Gasteiger partial charge is 0.222 e. The van der Waals surface area contributed by atoms with E-state index in [0.29, 0.717) is 36.0 Å². The van der Waals surface area contributed by atoms with E-state index in [2.05, 4.69) is 35.7 Å². The zero-order valence-electron chi connectivity index (χ0n) is 21.7. The van der Waals surface area contributed by atoms with Gasteiger partial charge in [-0.2, -0.15) is 0 Å². The Balaban J connectivity index is 0.000000187. The van der Waals surface area contributed by atoms with Gasteiger partial charge in [0.05, 0.1) is 0 Å². The van der Waals surface area contributed by atoms with Crippen LogP contribution in [0.2, 0.25) is 0 Å². The van der Waals surface area contributed by atoms with Gasteiger partial charge in [0.25, 0.3) is 0 Å². The fraction of sp³-hybridized carbons (Fsp3) is 0.889. The molecule has 4 unspecified atom stereocenters. The second-order valence-corrected chi connectivity index (χ2v) is 11.1. The van der Waals surface area contributed by atoms with Gasteiger partial charge in [0, 0.05) is 55.6 Å². The molecule has 0 radical (unpaired) electrons. The molecular formula is C27H46N4O3. The van der Waals surface area contributed by atoms with Gasteiger partial charge in [-0.1, -0.05) is 25.9 Å². The van der Waals surface area contributed by atoms with Crippen molar-refractivity contribution in [3.05, 3.63) is 10.4 Å². The number of nitrogens with zero attached hydrogens (tertiary/aromatic N) is 4. The van der Waals surface area contributed by atoms with Crippen molar-refractivity contribution in [3.63, 3.8) is 0 Å². The van der Waals surface area contributed by atoms with Crippen molar-refractivity contribution < 1.29 is 14.4 Å². The molecule has 2 saturated heterocycles. The molecular weight excluding hydrogens is 428 g/mol. The molecule has 0 aromatic carbocycles. The number of rotatable bonds is 4. The number of carbonyl (C=O) groups is 3. The molecule has 4 fully saturated rings. The van der Waals surface area contributed by atoms with Crippen LogP contribution in [0.3, 0.4) is 0 Å². The Morgan fingerprint density at radius 2 is 1.53 bits per heavy atom. The van der Waals surface area contributed by atoms with Gasteiger partial charge < -0.3 is 4.90 Å². The van der Waals surface area contributed by atoms with Crippen LogP contribution in [0.1, 0.15) is 111 Å². The molecule has 7 nitrogen and oxygen atoms in total. The Morgan fingerprint density at radius 1 is 0.882 bits per heavy atom. The van der Waals surface area contributed by atoms with Crippen molar-refractivity contribution in [2.75, 3.05) is 13.1 Å². The van der Waals surface area contributed by atoms with E-state index in [1.807, 2.05) is 0 Å². The van der Waals surface area contributed by atoms with Crippen LogP contribution in [0.25, 0.3) is 10.4 Å². The van der Waals surface area contributed by atoms with Gasteiger partial charge in [-0.05, 0) is 87.5 Å². The first-order chi connectivity index (χ1) is 16.3. The minimum absolute atomic E-state index is 0.229. The lowest BCUT2D eigenvalue weighted by atomic mass is 9.79. The number of hydrogen-bond acceptors (Lipinski definition) is 4. The summed E-state index contributed by atoms with van der Waals surface area (Å²) in [6, 6.07) is 0.593. The molecule has 2 aliphatic heterocycles. The molecule has 2 saturated carbocycles. The number of fused-ring (bicyclic) bond motifs is 1. The van der Waals surface area contributed by atoms with Gasteiger partial charge in [0.1, 0.15) is 11.6 Å². The first kappa shape index (κ1) is 28.4. The molecule has 0 N–H and O–H groups in total. The quantitative estimate of drug-likeness (QED) is 0.197. The third-order valence-corrected chi connectivity index (χ3v) is 7.95. The summed E-state index contributed by atoms with van der Waals surface area (Å²) in [6.45, 7) is 8.24. The molecule has 1 amide bonds. The van der Waals surface area contributed by atoms with Crippen LogP contribution in [-0.2, 0) is 14.4 Å². The Bertz CT molecular complexity index is 709. The molecule has 0 aromatic heterocycles. The average molecular weight is 475 g/mol. The highest BCUT2D eigenvalue weighted by molar-refractivity contribution is 5.81. The summed E-state index contributed by atoms with van der Waals surface area (Å²) < 4.78 is 0. The maximum atomic E-state index is 11.6. The zero-order valence-corrected chi connectivity index (χ0v) is 21.7. The minimum Gasteiger partial charge on any atom is -0.340 e. The molecule has 0 aromatic rings. The molecule has 192 valence electrons. The van der Waals surface area contributed by atoms with Gasteiger partial charge >= 0.3 is 0 Å². The summed E-state index contributed by atoms with van der Waals surface area (Å²) in [7, 11) is 0. The number of ketones is 2. The van der Waals surface area contributed by atoms with Crippen molar-refractivity contribution >= 4 is 17.5 Å². The van der Waals surface area contributed by atoms with Crippen molar-refractivity contribution in [2.45, 2.75) is 117 Å². The summed E-state index contributed by atoms with van der Waals surface area (Å²) >= 11 is 0. The van der Waals surface area contributed by atoms with Gasteiger partial charge in [-0.25, -0.2) is 0 Å². The molecule has 4 rings (SSSR count). The SMILES string of the molecule is CC1CCC(=O)C(CCCN=[N+]=[N-])C1.CC1CCC(=O)CC1.CC1CCC(=O)N2CCCC2C1. The van der Waals surface area contributed by atoms with Gasteiger partial charge in [-0.3, -0.25) is 14.4 Å². The van der Waals surface area contributed by atoms with E-state index in [1.165, 1.54) is 19.3 Å². The Labute approximate surface area is 206 Å². The highest BCUT2D eigenvalue weighted by Gasteiger charge is 2.32. The monoisotopic (exact) mass is 474 g/mol. The van der Waals surface area contributed by atoms with E-state index >= 15 is 0 Å². The second-order valence-electron chi connectivity index (χ2n) is 11.1. The second kappa shape index (κ2) is 15.2. The van der Waals surface area contributed by atoms with Crippen LogP contribution in [0.4, 0.5) is 0 Å². The number of Topliss-reactive ketones (excluding diaryl/α,β-unsaturated/α-hetero) is 2. The maximum Gasteiger partial charge on any atom is 0.222 e. The van der Waals surface area contributed by atoms with E-state index in [4.69, 9.17) is 5.53 Å². The van der Waals surface area contributed by atoms with E-state index in [0.717, 1.165) is 89.0 Å². The number of amides is 1. The lowest BCUT2D eigenvalue weighted by Crippen LogP contribution is -2.33. The molecule has 2 aliphatic carbocycles. The predicted molar refractivity (Wildman–Crippen MR) is 135 cm³/mol. The zero-order chi connectivity index (χ0) is 24.9. The summed E-state index contributed by atoms with van der Waals surface area (Å²) in [4.78, 5) is 38.5. The maximum absolute atomic E-state index is 11.6. The number of hydrogen-bond donors (Lipinski definition) is 0. The molecule has 4 atom stereocenters. The number of azide groups is 1. The molecule has 7 heteroatoms. The highest BCUT2D eigenvalue weighted by Crippen LogP contribution is 2.30. The largest absolute Gasteiger partial charge is 0.340 e. The molecule has 0 bridgehead atoms. The van der Waals surface area contributed by atoms with Crippen molar-refractivity contribution in [2.24, 2.45) is 28.8 Å². The Hall–Kier alpha value is -1.88. The molecule has 2 heterocycles. The normalized spacial score (nSPS) is 29.6. The van der Waals surface area contributed by atoms with Crippen molar-refractivity contribution in [3.8, 4) is 0 Å². The van der Waals surface area contributed by atoms with Crippen molar-refractivity contribution in [1.29, 1.82) is 0 Å². The third-order valence-electron chi connectivity index (χ3n) is 7.95. The van der Waals surface area contributed by atoms with Crippen LogP contribution in [0.15, 0.2) is 5.11 Å². The predicted octanol–water partition coefficient (Wildman–Crippen LogP) is 6.65. The first-order valence-corrected chi connectivity index (χ1v) is 13.6. The van der Waals surface area contributed by atoms with Crippen LogP contribution < -0.4 is 0 Å². The standard InChI is InChI=1S/C10H17N3O.C10H17NO.C7H12O/c1-8-4-5-10(14)9(7-8)3-2-6-12-13-11;1-8-4-5-10(12)11-6-2-3-9(11)7-8;1-6-2-4-7(8)5-3-6/h8-9H,2-7H2,1H3;8-9H,2-7H2,1H3;6H,2-5H2,1H3. The first-order valence-electron chi connectivity index (χ1n) is 13.6. The van der Waals surface area contributed by atoms with Crippen LogP contribution in [0.5, 0.6) is 0 Å². The van der Waals surface area contributed by atoms with Crippen LogP contribution in [0, 0.1) is 23.7 Å². The van der Waals surface area contributed by atoms with E-state index in [1.54, 1.807) is 0 Å². The summed E-state index contributed by atoms with van der Waals surface area (Å²) in [5, 5.41) is 3.47. The van der Waals surface area contributed by atoms with E-state index < -0.39 is 0 Å². The lowest BCUT2D eigenvalue weighted by molar-refractivity contribution is -0.131. The van der Waals surface area contributed by atoms with Gasteiger partial charge in [-0.15, -0.1) is 0 Å².